The van der Waals surface area contributed by atoms with Crippen molar-refractivity contribution < 1.29 is 23.5 Å². The van der Waals surface area contributed by atoms with E-state index >= 15 is 0 Å². The molecule has 0 spiro atoms. The zero-order valence-electron chi connectivity index (χ0n) is 20.4. The maximum absolute atomic E-state index is 12.4. The first-order valence-electron chi connectivity index (χ1n) is 11.8. The Morgan fingerprint density at radius 1 is 1.20 bits per heavy atom. The Morgan fingerprint density at radius 2 is 2.03 bits per heavy atom. The van der Waals surface area contributed by atoms with Gasteiger partial charge in [0.2, 0.25) is 11.8 Å². The van der Waals surface area contributed by atoms with E-state index in [4.69, 9.17) is 18.7 Å². The first kappa shape index (κ1) is 24.3. The predicted molar refractivity (Wildman–Crippen MR) is 131 cm³/mol. The van der Waals surface area contributed by atoms with E-state index in [1.165, 1.54) is 18.9 Å². The molecule has 1 amide bonds. The topological polar surface area (TPSA) is 95.7 Å². The van der Waals surface area contributed by atoms with Gasteiger partial charge in [-0.15, -0.1) is 0 Å². The highest BCUT2D eigenvalue weighted by atomic mass is 16.5. The van der Waals surface area contributed by atoms with Gasteiger partial charge in [0.25, 0.3) is 0 Å². The van der Waals surface area contributed by atoms with Gasteiger partial charge in [-0.1, -0.05) is 17.3 Å². The maximum atomic E-state index is 12.4. The molecule has 0 unspecified atom stereocenters. The Morgan fingerprint density at radius 3 is 2.77 bits per heavy atom. The summed E-state index contributed by atoms with van der Waals surface area (Å²) in [6.45, 7) is 4.41. The molecule has 0 saturated heterocycles. The number of nitrogens with zero attached hydrogens (tertiary/aromatic N) is 2. The molecule has 8 nitrogen and oxygen atoms in total. The van der Waals surface area contributed by atoms with E-state index in [2.05, 4.69) is 15.5 Å². The van der Waals surface area contributed by atoms with Crippen LogP contribution in [0.3, 0.4) is 0 Å². The van der Waals surface area contributed by atoms with Gasteiger partial charge < -0.3 is 24.1 Å². The van der Waals surface area contributed by atoms with Crippen molar-refractivity contribution in [3.63, 3.8) is 0 Å². The summed E-state index contributed by atoms with van der Waals surface area (Å²) in [5.74, 6) is 2.29. The molecule has 0 radical (unpaired) electrons. The summed E-state index contributed by atoms with van der Waals surface area (Å²) in [6, 6.07) is 9.27. The molecule has 1 N–H and O–H groups in total. The van der Waals surface area contributed by atoms with E-state index in [9.17, 15) is 4.79 Å². The zero-order valence-corrected chi connectivity index (χ0v) is 20.4. The number of carbonyl (C=O) groups is 1. The van der Waals surface area contributed by atoms with Crippen LogP contribution in [0.2, 0.25) is 0 Å². The number of hydrogen-bond donors (Lipinski definition) is 1. The molecule has 35 heavy (non-hydrogen) atoms. The van der Waals surface area contributed by atoms with Crippen LogP contribution in [0, 0.1) is 13.8 Å². The molecule has 1 aliphatic rings. The van der Waals surface area contributed by atoms with Crippen LogP contribution < -0.4 is 19.5 Å². The number of hydrogen-bond acceptors (Lipinski definition) is 7. The Balaban J connectivity index is 1.33. The lowest BCUT2D eigenvalue weighted by molar-refractivity contribution is -0.116. The monoisotopic (exact) mass is 477 g/mol. The quantitative estimate of drug-likeness (QED) is 0.414. The fourth-order valence-electron chi connectivity index (χ4n) is 4.01. The first-order valence-corrected chi connectivity index (χ1v) is 11.8. The molecule has 184 valence electrons. The van der Waals surface area contributed by atoms with Crippen LogP contribution in [0.5, 0.6) is 17.4 Å². The number of aryl methyl sites for hydroxylation is 2. The third-order valence-corrected chi connectivity index (χ3v) is 6.05. The Labute approximate surface area is 205 Å². The second-order valence-electron chi connectivity index (χ2n) is 8.54. The minimum Gasteiger partial charge on any atom is -0.493 e. The van der Waals surface area contributed by atoms with Crippen LogP contribution >= 0.6 is 0 Å². The van der Waals surface area contributed by atoms with Crippen LogP contribution in [0.15, 0.2) is 47.1 Å². The summed E-state index contributed by atoms with van der Waals surface area (Å²) in [4.78, 5) is 16.8. The SMILES string of the molecule is COc1cc(/C=C/C(=O)NCc2cccnc2OC2CCCC2)ccc1OCc1c(C)noc1C. The average molecular weight is 478 g/mol. The maximum Gasteiger partial charge on any atom is 0.244 e. The molecule has 1 saturated carbocycles. The van der Waals surface area contributed by atoms with Crippen molar-refractivity contribution in [1.82, 2.24) is 15.5 Å². The summed E-state index contributed by atoms with van der Waals surface area (Å²) in [7, 11) is 1.58. The van der Waals surface area contributed by atoms with Crippen molar-refractivity contribution in [1.29, 1.82) is 0 Å². The summed E-state index contributed by atoms with van der Waals surface area (Å²) >= 11 is 0. The number of rotatable bonds is 10. The molecule has 8 heteroatoms. The highest BCUT2D eigenvalue weighted by molar-refractivity contribution is 5.91. The first-order chi connectivity index (χ1) is 17.0. The molecule has 0 bridgehead atoms. The van der Waals surface area contributed by atoms with Gasteiger partial charge in [0, 0.05) is 24.4 Å². The Hall–Kier alpha value is -3.81. The predicted octanol–water partition coefficient (Wildman–Crippen LogP) is 4.93. The van der Waals surface area contributed by atoms with Crippen molar-refractivity contribution in [2.75, 3.05) is 7.11 Å². The van der Waals surface area contributed by atoms with Crippen molar-refractivity contribution in [2.45, 2.75) is 58.8 Å². The minimum atomic E-state index is -0.210. The summed E-state index contributed by atoms with van der Waals surface area (Å²) in [6.07, 6.45) is 9.63. The molecule has 1 aliphatic carbocycles. The van der Waals surface area contributed by atoms with Gasteiger partial charge in [-0.25, -0.2) is 4.98 Å². The van der Waals surface area contributed by atoms with Gasteiger partial charge >= 0.3 is 0 Å². The van der Waals surface area contributed by atoms with Crippen molar-refractivity contribution in [2.24, 2.45) is 0 Å². The highest BCUT2D eigenvalue weighted by Gasteiger charge is 2.18. The van der Waals surface area contributed by atoms with Crippen molar-refractivity contribution >= 4 is 12.0 Å². The second kappa shape index (κ2) is 11.6. The lowest BCUT2D eigenvalue weighted by Gasteiger charge is -2.15. The number of ether oxygens (including phenoxy) is 3. The summed E-state index contributed by atoms with van der Waals surface area (Å²) in [5, 5.41) is 6.85. The van der Waals surface area contributed by atoms with E-state index in [0.29, 0.717) is 30.5 Å². The van der Waals surface area contributed by atoms with Gasteiger partial charge in [-0.2, -0.15) is 0 Å². The van der Waals surface area contributed by atoms with Crippen LogP contribution in [-0.2, 0) is 17.9 Å². The lowest BCUT2D eigenvalue weighted by Crippen LogP contribution is -2.22. The molecule has 2 aromatic heterocycles. The number of benzene rings is 1. The van der Waals surface area contributed by atoms with Crippen molar-refractivity contribution in [3.05, 3.63) is 70.7 Å². The minimum absolute atomic E-state index is 0.210. The Bertz CT molecular complexity index is 1160. The van der Waals surface area contributed by atoms with Gasteiger partial charge in [-0.05, 0) is 69.4 Å². The third kappa shape index (κ3) is 6.41. The molecule has 1 aromatic carbocycles. The molecule has 0 atom stereocenters. The molecule has 3 aromatic rings. The van der Waals surface area contributed by atoms with Gasteiger partial charge in [0.15, 0.2) is 11.5 Å². The van der Waals surface area contributed by atoms with E-state index in [-0.39, 0.29) is 12.0 Å². The fourth-order valence-corrected chi connectivity index (χ4v) is 4.01. The zero-order chi connectivity index (χ0) is 24.6. The second-order valence-corrected chi connectivity index (χ2v) is 8.54. The van der Waals surface area contributed by atoms with Crippen LogP contribution in [0.25, 0.3) is 6.08 Å². The largest absolute Gasteiger partial charge is 0.493 e. The van der Waals surface area contributed by atoms with Crippen LogP contribution in [-0.4, -0.2) is 29.3 Å². The van der Waals surface area contributed by atoms with Gasteiger partial charge in [0.05, 0.1) is 18.4 Å². The number of carbonyl (C=O) groups excluding carboxylic acids is 1. The molecule has 2 heterocycles. The number of aromatic nitrogens is 2. The molecule has 4 rings (SSSR count). The molecular weight excluding hydrogens is 446 g/mol. The highest BCUT2D eigenvalue weighted by Crippen LogP contribution is 2.30. The van der Waals surface area contributed by atoms with Gasteiger partial charge in [-0.3, -0.25) is 4.79 Å². The number of nitrogens with one attached hydrogen (secondary N) is 1. The van der Waals surface area contributed by atoms with E-state index in [1.807, 2.05) is 44.2 Å². The average Bonchev–Trinajstić information content (AvgIpc) is 3.50. The van der Waals surface area contributed by atoms with Crippen LogP contribution in [0.4, 0.5) is 0 Å². The van der Waals surface area contributed by atoms with Gasteiger partial charge in [0.1, 0.15) is 18.5 Å². The summed E-state index contributed by atoms with van der Waals surface area (Å²) < 4.78 is 22.6. The molecular formula is C27H31N3O5. The van der Waals surface area contributed by atoms with E-state index in [0.717, 1.165) is 41.0 Å². The normalized spacial score (nSPS) is 13.8. The van der Waals surface area contributed by atoms with E-state index < -0.39 is 0 Å². The molecule has 0 aliphatic heterocycles. The van der Waals surface area contributed by atoms with Crippen LogP contribution in [0.1, 0.15) is 53.8 Å². The van der Waals surface area contributed by atoms with E-state index in [1.54, 1.807) is 19.4 Å². The molecule has 1 fully saturated rings. The number of pyridine rings is 1. The standard InChI is InChI=1S/C27H31N3O5/c1-18-23(19(2)35-30-18)17-33-24-12-10-20(15-25(24)32-3)11-13-26(31)29-16-21-7-6-14-28-27(21)34-22-8-4-5-9-22/h6-7,10-15,22H,4-5,8-9,16-17H2,1-3H3,(H,29,31)/b13-11+. The summed E-state index contributed by atoms with van der Waals surface area (Å²) in [5.41, 5.74) is 3.39. The smallest absolute Gasteiger partial charge is 0.244 e. The number of methoxy groups -OCH3 is 1. The lowest BCUT2D eigenvalue weighted by atomic mass is 10.1. The Kier molecular flexibility index (Phi) is 8.03. The van der Waals surface area contributed by atoms with Crippen molar-refractivity contribution in [3.8, 4) is 17.4 Å². The fraction of sp³-hybridized carbons (Fsp3) is 0.370. The third-order valence-electron chi connectivity index (χ3n) is 6.05. The number of amides is 1.